The van der Waals surface area contributed by atoms with Gasteiger partial charge in [0.2, 0.25) is 0 Å². The zero-order valence-corrected chi connectivity index (χ0v) is 29.2. The van der Waals surface area contributed by atoms with Crippen LogP contribution in [0.1, 0.15) is 36.3 Å². The molecule has 1 N–H and O–H groups in total. The van der Waals surface area contributed by atoms with E-state index >= 15 is 0 Å². The molecule has 1 aliphatic heterocycles. The summed E-state index contributed by atoms with van der Waals surface area (Å²) in [6.45, 7) is 2.61. The maximum atomic E-state index is 13.2. The molecule has 4 aromatic carbocycles. The monoisotopic (exact) mass is 724 g/mol. The summed E-state index contributed by atoms with van der Waals surface area (Å²) in [5, 5.41) is 0. The van der Waals surface area contributed by atoms with Gasteiger partial charge in [-0.15, -0.1) is 0 Å². The summed E-state index contributed by atoms with van der Waals surface area (Å²) in [5.41, 5.74) is 0.816. The first kappa shape index (κ1) is 34.4. The molecule has 1 saturated heterocycles. The number of allylic oxidation sites excluding steroid dienone is 1. The van der Waals surface area contributed by atoms with Crippen LogP contribution in [0.2, 0.25) is 4.82 Å². The molecule has 252 valence electrons. The van der Waals surface area contributed by atoms with Gasteiger partial charge in [0.15, 0.2) is 0 Å². The van der Waals surface area contributed by atoms with E-state index in [2.05, 4.69) is 54.4 Å². The molecule has 8 nitrogen and oxygen atoms in total. The molecule has 0 aliphatic carbocycles. The van der Waals surface area contributed by atoms with Crippen molar-refractivity contribution in [3.63, 3.8) is 0 Å². The number of nitrogens with one attached hydrogen (secondary N) is 1. The van der Waals surface area contributed by atoms with Crippen LogP contribution >= 0.6 is 0 Å². The normalized spacial score (nSPS) is 19.3. The van der Waals surface area contributed by atoms with Crippen molar-refractivity contribution in [2.45, 2.75) is 42.2 Å². The van der Waals surface area contributed by atoms with Crippen LogP contribution in [0, 0.1) is 0 Å². The molecular weight excluding hydrogens is 683 g/mol. The Morgan fingerprint density at radius 3 is 2.02 bits per heavy atom. The van der Waals surface area contributed by atoms with E-state index in [0.717, 1.165) is 33.3 Å². The van der Waals surface area contributed by atoms with E-state index in [1.807, 2.05) is 84.9 Å². The van der Waals surface area contributed by atoms with Crippen molar-refractivity contribution in [3.05, 3.63) is 177 Å². The van der Waals surface area contributed by atoms with E-state index in [9.17, 15) is 9.59 Å². The first-order valence-electron chi connectivity index (χ1n) is 16.4. The molecule has 0 spiro atoms. The second-order valence-electron chi connectivity index (χ2n) is 11.6. The quantitative estimate of drug-likeness (QED) is 0.0910. The van der Waals surface area contributed by atoms with Crippen molar-refractivity contribution in [3.8, 4) is 5.75 Å². The third-order valence-corrected chi connectivity index (χ3v) is 11.3. The zero-order chi connectivity index (χ0) is 34.1. The number of aromatic nitrogens is 2. The molecule has 0 unspecified atom stereocenters. The fraction of sp³-hybridized carbons (Fsp3) is 0.250. The molecule has 9 heteroatoms. The summed E-state index contributed by atoms with van der Waals surface area (Å²) >= 11 is -0.165. The van der Waals surface area contributed by atoms with Crippen LogP contribution in [0.4, 0.5) is 0 Å². The second-order valence-corrected chi connectivity index (χ2v) is 14.2. The fourth-order valence-corrected chi connectivity index (χ4v) is 8.99. The number of hydrogen-bond acceptors (Lipinski definition) is 6. The molecule has 4 atom stereocenters. The Kier molecular flexibility index (Phi) is 11.4. The van der Waals surface area contributed by atoms with E-state index in [-0.39, 0.29) is 26.4 Å². The summed E-state index contributed by atoms with van der Waals surface area (Å²) in [6.07, 6.45) is 4.81. The SMILES string of the molecule is CC/C=C/CO[C@H]1[C@@H]([Se]c2ccccc2)[C@H](n2ccc(=O)[nH]c2=O)O[C@@H]1COC(c1ccccc1)(c1ccccc1)c1ccc(OC)cc1. The molecule has 2 heterocycles. The summed E-state index contributed by atoms with van der Waals surface area (Å²) in [4.78, 5) is 27.4. The van der Waals surface area contributed by atoms with Crippen molar-refractivity contribution in [2.75, 3.05) is 20.3 Å². The van der Waals surface area contributed by atoms with Gasteiger partial charge in [-0.1, -0.05) is 0 Å². The average molecular weight is 724 g/mol. The Bertz CT molecular complexity index is 1870. The van der Waals surface area contributed by atoms with E-state index < -0.39 is 35.3 Å². The predicted octanol–water partition coefficient (Wildman–Crippen LogP) is 5.62. The van der Waals surface area contributed by atoms with Crippen LogP contribution in [0.25, 0.3) is 0 Å². The van der Waals surface area contributed by atoms with E-state index in [1.54, 1.807) is 7.11 Å². The fourth-order valence-electron chi connectivity index (χ4n) is 6.21. The van der Waals surface area contributed by atoms with Gasteiger partial charge in [-0.3, -0.25) is 0 Å². The van der Waals surface area contributed by atoms with Crippen molar-refractivity contribution in [1.29, 1.82) is 0 Å². The Morgan fingerprint density at radius 1 is 0.816 bits per heavy atom. The molecule has 0 saturated carbocycles. The van der Waals surface area contributed by atoms with Crippen LogP contribution in [0.15, 0.2) is 149 Å². The molecule has 6 rings (SSSR count). The Labute approximate surface area is 292 Å². The van der Waals surface area contributed by atoms with Crippen molar-refractivity contribution >= 4 is 19.4 Å². The topological polar surface area (TPSA) is 91.8 Å². The first-order chi connectivity index (χ1) is 24.0. The van der Waals surface area contributed by atoms with E-state index in [1.165, 1.54) is 16.8 Å². The molecular formula is C40H40N2O6Se. The van der Waals surface area contributed by atoms with E-state index in [4.69, 9.17) is 18.9 Å². The molecule has 5 aromatic rings. The Morgan fingerprint density at radius 2 is 1.43 bits per heavy atom. The van der Waals surface area contributed by atoms with Crippen LogP contribution in [-0.4, -0.2) is 57.0 Å². The number of H-pyrrole nitrogens is 1. The number of ether oxygens (including phenoxy) is 4. The van der Waals surface area contributed by atoms with Crippen molar-refractivity contribution in [2.24, 2.45) is 0 Å². The van der Waals surface area contributed by atoms with Gasteiger partial charge in [-0.25, -0.2) is 0 Å². The van der Waals surface area contributed by atoms with Gasteiger partial charge in [0.25, 0.3) is 0 Å². The number of benzene rings is 4. The molecule has 0 radical (unpaired) electrons. The van der Waals surface area contributed by atoms with Gasteiger partial charge < -0.3 is 0 Å². The van der Waals surface area contributed by atoms with E-state index in [0.29, 0.717) is 6.61 Å². The first-order valence-corrected chi connectivity index (χ1v) is 18.2. The number of methoxy groups -OCH3 is 1. The van der Waals surface area contributed by atoms with Crippen LogP contribution in [0.5, 0.6) is 5.75 Å². The number of aromatic amines is 1. The molecule has 0 amide bonds. The summed E-state index contributed by atoms with van der Waals surface area (Å²) in [6, 6.07) is 39.8. The summed E-state index contributed by atoms with van der Waals surface area (Å²) < 4.78 is 28.8. The minimum atomic E-state index is -1.02. The van der Waals surface area contributed by atoms with Gasteiger partial charge in [-0.05, 0) is 0 Å². The minimum absolute atomic E-state index is 0.147. The van der Waals surface area contributed by atoms with Crippen molar-refractivity contribution < 1.29 is 18.9 Å². The Balaban J connectivity index is 1.44. The number of nitrogens with zero attached hydrogens (tertiary/aromatic N) is 1. The third-order valence-electron chi connectivity index (χ3n) is 8.53. The van der Waals surface area contributed by atoms with Gasteiger partial charge in [0.05, 0.1) is 0 Å². The second kappa shape index (κ2) is 16.3. The summed E-state index contributed by atoms with van der Waals surface area (Å²) in [7, 11) is 1.65. The van der Waals surface area contributed by atoms with Gasteiger partial charge in [0, 0.05) is 0 Å². The number of hydrogen-bond donors (Lipinski definition) is 1. The van der Waals surface area contributed by atoms with Crippen molar-refractivity contribution in [1.82, 2.24) is 9.55 Å². The van der Waals surface area contributed by atoms with Crippen LogP contribution < -0.4 is 20.4 Å². The molecule has 1 fully saturated rings. The van der Waals surface area contributed by atoms with Crippen LogP contribution in [-0.2, 0) is 19.8 Å². The molecule has 1 aromatic heterocycles. The summed E-state index contributed by atoms with van der Waals surface area (Å²) in [5.74, 6) is 0.742. The average Bonchev–Trinajstić information content (AvgIpc) is 3.47. The standard InChI is InChI=1S/C40H40N2O6Se/c1-3-4-14-27-46-36-34(48-38(42-26-25-35(43)41-39(42)44)37(36)49-33-19-12-7-13-20-33)28-47-40(29-15-8-5-9-16-29,30-17-10-6-11-18-30)31-21-23-32(45-2)24-22-31/h4-26,34,36-38H,3,27-28H2,1-2H3,(H,41,43,44)/b14-4+/t34-,36-,37-,38-/m1/s1. The maximum absolute atomic E-state index is 13.2. The third kappa shape index (κ3) is 7.72. The molecule has 0 bridgehead atoms. The van der Waals surface area contributed by atoms with Gasteiger partial charge in [0.1, 0.15) is 0 Å². The zero-order valence-electron chi connectivity index (χ0n) is 27.5. The van der Waals surface area contributed by atoms with Gasteiger partial charge >= 0.3 is 293 Å². The predicted molar refractivity (Wildman–Crippen MR) is 192 cm³/mol. The van der Waals surface area contributed by atoms with Gasteiger partial charge in [-0.2, -0.15) is 0 Å². The van der Waals surface area contributed by atoms with Crippen LogP contribution in [0.3, 0.4) is 0 Å². The molecule has 1 aliphatic rings. The number of rotatable bonds is 14. The Hall–Kier alpha value is -4.50. The molecule has 49 heavy (non-hydrogen) atoms.